The van der Waals surface area contributed by atoms with E-state index in [0.717, 1.165) is 28.3 Å². The number of hydrogen-bond acceptors (Lipinski definition) is 5. The molecule has 29 heavy (non-hydrogen) atoms. The van der Waals surface area contributed by atoms with E-state index in [1.54, 1.807) is 10.6 Å². The average molecular weight is 412 g/mol. The van der Waals surface area contributed by atoms with Crippen molar-refractivity contribution in [2.24, 2.45) is 0 Å². The molecule has 0 N–H and O–H groups in total. The van der Waals surface area contributed by atoms with Gasteiger partial charge in [0.05, 0.1) is 4.90 Å². The summed E-state index contributed by atoms with van der Waals surface area (Å²) in [6.07, 6.45) is 5.42. The molecule has 0 atom stereocenters. The van der Waals surface area contributed by atoms with Crippen molar-refractivity contribution in [2.75, 3.05) is 31.1 Å². The maximum absolute atomic E-state index is 13.3. The molecular weight excluding hydrogens is 386 g/mol. The highest BCUT2D eigenvalue weighted by atomic mass is 32.2. The Morgan fingerprint density at radius 1 is 0.828 bits per heavy atom. The van der Waals surface area contributed by atoms with E-state index >= 15 is 0 Å². The Morgan fingerprint density at radius 3 is 2.03 bits per heavy atom. The molecule has 152 valence electrons. The van der Waals surface area contributed by atoms with Gasteiger partial charge in [-0.3, -0.25) is 0 Å². The molecule has 1 aliphatic heterocycles. The summed E-state index contributed by atoms with van der Waals surface area (Å²) in [5, 5.41) is 0. The third-order valence-corrected chi connectivity index (χ3v) is 7.48. The molecule has 1 fully saturated rings. The van der Waals surface area contributed by atoms with Gasteiger partial charge in [-0.05, 0) is 44.0 Å². The number of anilines is 1. The third kappa shape index (κ3) is 3.77. The van der Waals surface area contributed by atoms with Gasteiger partial charge in [0.15, 0.2) is 0 Å². The van der Waals surface area contributed by atoms with E-state index in [2.05, 4.69) is 14.9 Å². The zero-order valence-corrected chi connectivity index (χ0v) is 17.7. The summed E-state index contributed by atoms with van der Waals surface area (Å²) >= 11 is 0. The summed E-state index contributed by atoms with van der Waals surface area (Å²) in [7, 11) is -3.52. The minimum atomic E-state index is -3.52. The first-order chi connectivity index (χ1) is 13.9. The topological polar surface area (TPSA) is 71.3 Å². The average Bonchev–Trinajstić information content (AvgIpc) is 3.22. The fourth-order valence-corrected chi connectivity index (χ4v) is 5.83. The second kappa shape index (κ2) is 7.61. The Balaban J connectivity index is 1.52. The van der Waals surface area contributed by atoms with Gasteiger partial charge in [-0.25, -0.2) is 18.4 Å². The van der Waals surface area contributed by atoms with Crippen molar-refractivity contribution in [1.29, 1.82) is 0 Å². The zero-order chi connectivity index (χ0) is 20.6. The van der Waals surface area contributed by atoms with Crippen LogP contribution in [-0.4, -0.2) is 53.4 Å². The minimum absolute atomic E-state index is 0.429. The summed E-state index contributed by atoms with van der Waals surface area (Å²) in [6.45, 7) is 7.75. The monoisotopic (exact) mass is 411 g/mol. The van der Waals surface area contributed by atoms with Gasteiger partial charge in [0.25, 0.3) is 0 Å². The van der Waals surface area contributed by atoms with E-state index in [0.29, 0.717) is 31.1 Å². The largest absolute Gasteiger partial charge is 0.354 e. The first-order valence-corrected chi connectivity index (χ1v) is 11.1. The van der Waals surface area contributed by atoms with E-state index in [4.69, 9.17) is 0 Å². The number of rotatable bonds is 4. The van der Waals surface area contributed by atoms with Crippen LogP contribution in [0.5, 0.6) is 0 Å². The second-order valence-electron chi connectivity index (χ2n) is 7.44. The van der Waals surface area contributed by atoms with Crippen molar-refractivity contribution < 1.29 is 8.42 Å². The van der Waals surface area contributed by atoms with Crippen LogP contribution in [0.1, 0.15) is 16.7 Å². The Hall–Kier alpha value is -2.71. The van der Waals surface area contributed by atoms with Crippen LogP contribution in [-0.2, 0) is 10.0 Å². The molecule has 7 nitrogen and oxygen atoms in total. The van der Waals surface area contributed by atoms with Crippen molar-refractivity contribution >= 4 is 15.8 Å². The predicted molar refractivity (Wildman–Crippen MR) is 113 cm³/mol. The van der Waals surface area contributed by atoms with Crippen LogP contribution in [0.4, 0.5) is 5.82 Å². The molecule has 2 aromatic heterocycles. The van der Waals surface area contributed by atoms with Crippen LogP contribution in [0.2, 0.25) is 0 Å². The number of aryl methyl sites for hydroxylation is 3. The van der Waals surface area contributed by atoms with Gasteiger partial charge >= 0.3 is 0 Å². The van der Waals surface area contributed by atoms with Gasteiger partial charge in [0.2, 0.25) is 10.0 Å². The second-order valence-corrected chi connectivity index (χ2v) is 9.32. The van der Waals surface area contributed by atoms with Crippen LogP contribution >= 0.6 is 0 Å². The summed E-state index contributed by atoms with van der Waals surface area (Å²) in [5.41, 5.74) is 2.68. The number of aromatic nitrogens is 3. The molecular formula is C21H25N5O2S. The Bertz CT molecular complexity index is 1090. The highest BCUT2D eigenvalue weighted by Crippen LogP contribution is 2.27. The van der Waals surface area contributed by atoms with E-state index in [-0.39, 0.29) is 0 Å². The number of hydrogen-bond donors (Lipinski definition) is 0. The summed E-state index contributed by atoms with van der Waals surface area (Å²) < 4.78 is 30.1. The smallest absolute Gasteiger partial charge is 0.243 e. The SMILES string of the molecule is Cc1cc(C)c(S(=O)(=O)N2CCN(c3cc(-n4cccc4)ncn3)CC2)c(C)c1. The Morgan fingerprint density at radius 2 is 1.41 bits per heavy atom. The molecule has 0 bridgehead atoms. The summed E-state index contributed by atoms with van der Waals surface area (Å²) in [5.74, 6) is 1.60. The minimum Gasteiger partial charge on any atom is -0.354 e. The van der Waals surface area contributed by atoms with E-state index in [1.807, 2.05) is 68.1 Å². The van der Waals surface area contributed by atoms with Crippen molar-refractivity contribution in [3.63, 3.8) is 0 Å². The van der Waals surface area contributed by atoms with Gasteiger partial charge in [-0.1, -0.05) is 17.7 Å². The number of sulfonamides is 1. The molecule has 0 radical (unpaired) electrons. The molecule has 4 rings (SSSR count). The van der Waals surface area contributed by atoms with Gasteiger partial charge in [0, 0.05) is 44.6 Å². The van der Waals surface area contributed by atoms with Crippen molar-refractivity contribution in [1.82, 2.24) is 18.8 Å². The molecule has 1 aromatic carbocycles. The van der Waals surface area contributed by atoms with E-state index in [9.17, 15) is 8.42 Å². The zero-order valence-electron chi connectivity index (χ0n) is 16.9. The first kappa shape index (κ1) is 19.6. The van der Waals surface area contributed by atoms with E-state index in [1.165, 1.54) is 0 Å². The van der Waals surface area contributed by atoms with Crippen LogP contribution in [0, 0.1) is 20.8 Å². The molecule has 0 unspecified atom stereocenters. The molecule has 1 saturated heterocycles. The summed E-state index contributed by atoms with van der Waals surface area (Å²) in [4.78, 5) is 11.3. The molecule has 0 spiro atoms. The Labute approximate surface area is 171 Å². The highest BCUT2D eigenvalue weighted by molar-refractivity contribution is 7.89. The van der Waals surface area contributed by atoms with Crippen LogP contribution in [0.15, 0.2) is 53.9 Å². The lowest BCUT2D eigenvalue weighted by Gasteiger charge is -2.35. The van der Waals surface area contributed by atoms with Crippen molar-refractivity contribution in [2.45, 2.75) is 25.7 Å². The van der Waals surface area contributed by atoms with Crippen molar-refractivity contribution in [3.05, 3.63) is 65.7 Å². The van der Waals surface area contributed by atoms with E-state index < -0.39 is 10.0 Å². The first-order valence-electron chi connectivity index (χ1n) is 9.64. The van der Waals surface area contributed by atoms with Gasteiger partial charge in [-0.2, -0.15) is 4.31 Å². The molecule has 1 aliphatic rings. The number of nitrogens with zero attached hydrogens (tertiary/aromatic N) is 5. The maximum Gasteiger partial charge on any atom is 0.243 e. The van der Waals surface area contributed by atoms with Gasteiger partial charge in [-0.15, -0.1) is 0 Å². The normalized spacial score (nSPS) is 15.6. The number of piperazine rings is 1. The molecule has 0 amide bonds. The molecule has 8 heteroatoms. The van der Waals surface area contributed by atoms with Gasteiger partial charge in [0.1, 0.15) is 18.0 Å². The van der Waals surface area contributed by atoms with Crippen LogP contribution in [0.25, 0.3) is 5.82 Å². The fourth-order valence-electron chi connectivity index (χ4n) is 4.00. The lowest BCUT2D eigenvalue weighted by molar-refractivity contribution is 0.383. The predicted octanol–water partition coefficient (Wildman–Crippen LogP) is 2.70. The fraction of sp³-hybridized carbons (Fsp3) is 0.333. The molecule has 3 heterocycles. The van der Waals surface area contributed by atoms with Crippen LogP contribution < -0.4 is 4.90 Å². The van der Waals surface area contributed by atoms with Crippen LogP contribution in [0.3, 0.4) is 0 Å². The Kier molecular flexibility index (Phi) is 5.14. The lowest BCUT2D eigenvalue weighted by Crippen LogP contribution is -2.49. The van der Waals surface area contributed by atoms with Gasteiger partial charge < -0.3 is 9.47 Å². The molecule has 0 aliphatic carbocycles. The van der Waals surface area contributed by atoms with Crippen molar-refractivity contribution in [3.8, 4) is 5.82 Å². The maximum atomic E-state index is 13.3. The summed E-state index contributed by atoms with van der Waals surface area (Å²) in [6, 6.07) is 9.68. The standard InChI is InChI=1S/C21H25N5O2S/c1-16-12-17(2)21(18(3)13-16)29(27,28)26-10-8-25(9-11-26)20-14-19(22-15-23-20)24-6-4-5-7-24/h4-7,12-15H,8-11H2,1-3H3. The molecule has 0 saturated carbocycles. The highest BCUT2D eigenvalue weighted by Gasteiger charge is 2.31. The molecule has 3 aromatic rings. The lowest BCUT2D eigenvalue weighted by atomic mass is 10.1. The number of benzene rings is 1. The third-order valence-electron chi connectivity index (χ3n) is 5.27. The quantitative estimate of drug-likeness (QED) is 0.660.